The highest BCUT2D eigenvalue weighted by atomic mass is 16.7. The lowest BCUT2D eigenvalue weighted by molar-refractivity contribution is 0.00578. The summed E-state index contributed by atoms with van der Waals surface area (Å²) in [6.07, 6.45) is 3.53. The van der Waals surface area contributed by atoms with Crippen molar-refractivity contribution in [3.63, 3.8) is 0 Å². The van der Waals surface area contributed by atoms with E-state index in [-0.39, 0.29) is 11.2 Å². The van der Waals surface area contributed by atoms with Crippen molar-refractivity contribution in [2.75, 3.05) is 11.9 Å². The fraction of sp³-hybridized carbons (Fsp3) is 0.474. The highest BCUT2D eigenvalue weighted by Gasteiger charge is 2.52. The standard InChI is InChI=1S/C19H26BN3O3/c1-7-24-17-9-8-14(11-22-17)23-16-10-13(2)15(12-21-16)20-25-18(3,4)19(5,6)26-20/h8-12H,7H2,1-6H3,(H,21,23). The van der Waals surface area contributed by atoms with Crippen LogP contribution in [0.15, 0.2) is 30.6 Å². The normalized spacial score (nSPS) is 18.0. The number of aryl methyl sites for hydroxylation is 1. The second-order valence-electron chi connectivity index (χ2n) is 7.46. The molecule has 0 bridgehead atoms. The van der Waals surface area contributed by atoms with E-state index in [9.17, 15) is 0 Å². The fourth-order valence-corrected chi connectivity index (χ4v) is 2.69. The van der Waals surface area contributed by atoms with Crippen molar-refractivity contribution in [3.8, 4) is 5.88 Å². The monoisotopic (exact) mass is 355 g/mol. The number of ether oxygens (including phenoxy) is 1. The molecule has 0 saturated carbocycles. The van der Waals surface area contributed by atoms with Crippen LogP contribution in [0.25, 0.3) is 0 Å². The van der Waals surface area contributed by atoms with E-state index in [2.05, 4.69) is 15.3 Å². The summed E-state index contributed by atoms with van der Waals surface area (Å²) in [6.45, 7) is 12.7. The van der Waals surface area contributed by atoms with Crippen molar-refractivity contribution in [2.24, 2.45) is 0 Å². The molecule has 0 radical (unpaired) electrons. The first kappa shape index (κ1) is 18.7. The van der Waals surface area contributed by atoms with Crippen LogP contribution >= 0.6 is 0 Å². The second kappa shape index (κ2) is 6.89. The van der Waals surface area contributed by atoms with Crippen molar-refractivity contribution in [1.29, 1.82) is 0 Å². The van der Waals surface area contributed by atoms with Gasteiger partial charge in [-0.3, -0.25) is 0 Å². The molecule has 3 rings (SSSR count). The minimum absolute atomic E-state index is 0.366. The van der Waals surface area contributed by atoms with E-state index in [1.165, 1.54) is 0 Å². The number of hydrogen-bond acceptors (Lipinski definition) is 6. The fourth-order valence-electron chi connectivity index (χ4n) is 2.69. The van der Waals surface area contributed by atoms with E-state index in [1.807, 2.05) is 65.9 Å². The van der Waals surface area contributed by atoms with Crippen LogP contribution in [-0.2, 0) is 9.31 Å². The third-order valence-corrected chi connectivity index (χ3v) is 4.96. The van der Waals surface area contributed by atoms with Gasteiger partial charge in [0.05, 0.1) is 29.7 Å². The van der Waals surface area contributed by atoms with Gasteiger partial charge in [-0.2, -0.15) is 0 Å². The maximum Gasteiger partial charge on any atom is 0.496 e. The maximum atomic E-state index is 6.12. The third kappa shape index (κ3) is 3.69. The quantitative estimate of drug-likeness (QED) is 0.831. The smallest absolute Gasteiger partial charge is 0.478 e. The summed E-state index contributed by atoms with van der Waals surface area (Å²) in [5, 5.41) is 3.25. The molecule has 0 amide bonds. The van der Waals surface area contributed by atoms with E-state index in [0.29, 0.717) is 12.5 Å². The van der Waals surface area contributed by atoms with E-state index < -0.39 is 7.12 Å². The van der Waals surface area contributed by atoms with E-state index in [0.717, 1.165) is 22.5 Å². The molecule has 0 atom stereocenters. The number of nitrogens with zero attached hydrogens (tertiary/aromatic N) is 2. The van der Waals surface area contributed by atoms with Crippen molar-refractivity contribution in [2.45, 2.75) is 52.7 Å². The van der Waals surface area contributed by atoms with Crippen molar-refractivity contribution in [3.05, 3.63) is 36.2 Å². The molecule has 1 aliphatic rings. The van der Waals surface area contributed by atoms with Crippen LogP contribution in [0.5, 0.6) is 5.88 Å². The van der Waals surface area contributed by atoms with E-state index in [1.54, 1.807) is 6.20 Å². The summed E-state index contributed by atoms with van der Waals surface area (Å²) in [5.41, 5.74) is 2.12. The predicted molar refractivity (Wildman–Crippen MR) is 103 cm³/mol. The summed E-state index contributed by atoms with van der Waals surface area (Å²) in [4.78, 5) is 8.75. The van der Waals surface area contributed by atoms with Crippen molar-refractivity contribution >= 4 is 24.1 Å². The summed E-state index contributed by atoms with van der Waals surface area (Å²) in [5.74, 6) is 1.35. The Bertz CT molecular complexity index is 762. The number of aromatic nitrogens is 2. The summed E-state index contributed by atoms with van der Waals surface area (Å²) in [7, 11) is -0.409. The SMILES string of the molecule is CCOc1ccc(Nc2cc(C)c(B3OC(C)(C)C(C)(C)O3)cn2)cn1. The Morgan fingerprint density at radius 2 is 1.77 bits per heavy atom. The summed E-state index contributed by atoms with van der Waals surface area (Å²) in [6, 6.07) is 5.73. The van der Waals surface area contributed by atoms with Crippen LogP contribution in [0.2, 0.25) is 0 Å². The van der Waals surface area contributed by atoms with Gasteiger partial charge >= 0.3 is 7.12 Å². The Kier molecular flexibility index (Phi) is 4.95. The number of nitrogens with one attached hydrogen (secondary N) is 1. The lowest BCUT2D eigenvalue weighted by atomic mass is 9.77. The Balaban J connectivity index is 1.74. The predicted octanol–water partition coefficient (Wildman–Crippen LogP) is 3.23. The van der Waals surface area contributed by atoms with Gasteiger partial charge in [-0.1, -0.05) is 0 Å². The molecule has 2 aromatic heterocycles. The molecule has 26 heavy (non-hydrogen) atoms. The third-order valence-electron chi connectivity index (χ3n) is 4.96. The Morgan fingerprint density at radius 3 is 2.31 bits per heavy atom. The summed E-state index contributed by atoms with van der Waals surface area (Å²) < 4.78 is 17.6. The van der Waals surface area contributed by atoms with Gasteiger partial charge in [-0.25, -0.2) is 9.97 Å². The lowest BCUT2D eigenvalue weighted by Gasteiger charge is -2.32. The first-order valence-corrected chi connectivity index (χ1v) is 8.90. The molecule has 138 valence electrons. The van der Waals surface area contributed by atoms with Crippen LogP contribution in [-0.4, -0.2) is 34.9 Å². The number of hydrogen-bond donors (Lipinski definition) is 1. The van der Waals surface area contributed by atoms with E-state index in [4.69, 9.17) is 14.0 Å². The van der Waals surface area contributed by atoms with Crippen LogP contribution in [0.1, 0.15) is 40.2 Å². The number of pyridine rings is 2. The molecule has 3 heterocycles. The van der Waals surface area contributed by atoms with Gasteiger partial charge in [-0.05, 0) is 59.2 Å². The van der Waals surface area contributed by atoms with Crippen LogP contribution in [0, 0.1) is 6.92 Å². The molecule has 2 aromatic rings. The first-order chi connectivity index (χ1) is 12.2. The zero-order valence-electron chi connectivity index (χ0n) is 16.3. The zero-order chi connectivity index (χ0) is 18.9. The van der Waals surface area contributed by atoms with Gasteiger partial charge in [0.15, 0.2) is 0 Å². The molecular formula is C19H26BN3O3. The van der Waals surface area contributed by atoms with Gasteiger partial charge in [0.25, 0.3) is 0 Å². The van der Waals surface area contributed by atoms with Crippen molar-refractivity contribution in [1.82, 2.24) is 9.97 Å². The van der Waals surface area contributed by atoms with Gasteiger partial charge in [0.2, 0.25) is 5.88 Å². The number of rotatable bonds is 5. The molecule has 7 heteroatoms. The molecule has 0 spiro atoms. The van der Waals surface area contributed by atoms with Gasteiger partial charge in [-0.15, -0.1) is 0 Å². The molecule has 1 aliphatic heterocycles. The van der Waals surface area contributed by atoms with Gasteiger partial charge < -0.3 is 19.4 Å². The molecule has 1 saturated heterocycles. The topological polar surface area (TPSA) is 65.5 Å². The zero-order valence-corrected chi connectivity index (χ0v) is 16.3. The average Bonchev–Trinajstić information content (AvgIpc) is 2.77. The molecule has 0 aliphatic carbocycles. The Morgan fingerprint density at radius 1 is 1.08 bits per heavy atom. The molecule has 1 N–H and O–H groups in total. The van der Waals surface area contributed by atoms with E-state index >= 15 is 0 Å². The first-order valence-electron chi connectivity index (χ1n) is 8.90. The highest BCUT2D eigenvalue weighted by Crippen LogP contribution is 2.36. The average molecular weight is 355 g/mol. The Hall–Kier alpha value is -2.12. The highest BCUT2D eigenvalue weighted by molar-refractivity contribution is 6.62. The van der Waals surface area contributed by atoms with Crippen LogP contribution in [0.3, 0.4) is 0 Å². The molecular weight excluding hydrogens is 329 g/mol. The summed E-state index contributed by atoms with van der Waals surface area (Å²) >= 11 is 0. The van der Waals surface area contributed by atoms with Crippen LogP contribution in [0.4, 0.5) is 11.5 Å². The van der Waals surface area contributed by atoms with Gasteiger partial charge in [0, 0.05) is 17.7 Å². The molecule has 6 nitrogen and oxygen atoms in total. The largest absolute Gasteiger partial charge is 0.496 e. The number of anilines is 2. The minimum atomic E-state index is -0.409. The molecule has 0 unspecified atom stereocenters. The lowest BCUT2D eigenvalue weighted by Crippen LogP contribution is -2.41. The van der Waals surface area contributed by atoms with Crippen LogP contribution < -0.4 is 15.5 Å². The van der Waals surface area contributed by atoms with Crippen molar-refractivity contribution < 1.29 is 14.0 Å². The minimum Gasteiger partial charge on any atom is -0.478 e. The molecule has 0 aromatic carbocycles. The maximum absolute atomic E-state index is 6.12. The second-order valence-corrected chi connectivity index (χ2v) is 7.46. The molecule has 1 fully saturated rings. The van der Waals surface area contributed by atoms with Gasteiger partial charge in [0.1, 0.15) is 5.82 Å². The Labute approximate surface area is 155 Å².